The summed E-state index contributed by atoms with van der Waals surface area (Å²) in [7, 11) is 0. The predicted octanol–water partition coefficient (Wildman–Crippen LogP) is 4.89. The maximum atomic E-state index is 2.38. The fourth-order valence-electron chi connectivity index (χ4n) is 3.17. The van der Waals surface area contributed by atoms with Crippen LogP contribution in [-0.4, -0.2) is 0 Å². The molecule has 0 heteroatoms. The molecule has 0 amide bonds. The summed E-state index contributed by atoms with van der Waals surface area (Å²) in [5, 5.41) is 0. The Hall–Kier alpha value is 0. The van der Waals surface area contributed by atoms with Crippen molar-refractivity contribution >= 4 is 0 Å². The van der Waals surface area contributed by atoms with E-state index in [-0.39, 0.29) is 0 Å². The zero-order valence-corrected chi connectivity index (χ0v) is 10.5. The topological polar surface area (TPSA) is 0 Å². The molecule has 2 fully saturated rings. The molecule has 0 aliphatic heterocycles. The highest BCUT2D eigenvalue weighted by atomic mass is 14.5. The zero-order chi connectivity index (χ0) is 10.5. The highest BCUT2D eigenvalue weighted by Gasteiger charge is 2.49. The normalized spacial score (nSPS) is 40.2. The molecule has 80 valence electrons. The third-order valence-electron chi connectivity index (χ3n) is 3.13. The summed E-state index contributed by atoms with van der Waals surface area (Å²) in [5.74, 6) is 2.11. The molecule has 0 aromatic rings. The minimum Gasteiger partial charge on any atom is -0.0683 e. The van der Waals surface area contributed by atoms with Crippen LogP contribution in [0, 0.1) is 17.3 Å². The first-order chi connectivity index (χ1) is 6.20. The lowest BCUT2D eigenvalue weighted by atomic mass is 9.49. The fourth-order valence-corrected chi connectivity index (χ4v) is 3.17. The van der Waals surface area contributed by atoms with Crippen LogP contribution in [0.3, 0.4) is 0 Å². The van der Waals surface area contributed by atoms with E-state index < -0.39 is 0 Å². The van der Waals surface area contributed by atoms with E-state index in [1.54, 1.807) is 0 Å². The molecule has 2 saturated carbocycles. The van der Waals surface area contributed by atoms with E-state index >= 15 is 0 Å². The lowest BCUT2D eigenvalue weighted by Gasteiger charge is -2.56. The van der Waals surface area contributed by atoms with Gasteiger partial charge in [0.1, 0.15) is 0 Å². The smallest absolute Gasteiger partial charge is 0.0287 e. The van der Waals surface area contributed by atoms with E-state index in [0.717, 1.165) is 17.3 Å². The Balaban J connectivity index is 0.000000322. The van der Waals surface area contributed by atoms with E-state index in [9.17, 15) is 0 Å². The molecule has 0 N–H and O–H groups in total. The molecule has 0 atom stereocenters. The van der Waals surface area contributed by atoms with Crippen molar-refractivity contribution in [2.75, 3.05) is 0 Å². The molecular formula is C13H28. The summed E-state index contributed by atoms with van der Waals surface area (Å²) >= 11 is 0. The summed E-state index contributed by atoms with van der Waals surface area (Å²) in [6.45, 7) is 12.8. The van der Waals surface area contributed by atoms with Gasteiger partial charge in [0.2, 0.25) is 0 Å². The Morgan fingerprint density at radius 3 is 1.08 bits per heavy atom. The lowest BCUT2D eigenvalue weighted by molar-refractivity contribution is -0.0549. The summed E-state index contributed by atoms with van der Waals surface area (Å²) in [6.07, 6.45) is 6.16. The van der Waals surface area contributed by atoms with Gasteiger partial charge in [0.25, 0.3) is 0 Å². The maximum absolute atomic E-state index is 2.38. The first-order valence-electron chi connectivity index (χ1n) is 6.20. The van der Waals surface area contributed by atoms with Crippen LogP contribution in [0.4, 0.5) is 0 Å². The van der Waals surface area contributed by atoms with Crippen LogP contribution in [-0.2, 0) is 0 Å². The Bertz CT molecular complexity index is 94.5. The molecule has 2 rings (SSSR count). The van der Waals surface area contributed by atoms with Crippen molar-refractivity contribution < 1.29 is 0 Å². The van der Waals surface area contributed by atoms with Crippen molar-refractivity contribution in [2.45, 2.75) is 67.2 Å². The first kappa shape index (κ1) is 13.0. The van der Waals surface area contributed by atoms with Gasteiger partial charge in [-0.05, 0) is 42.9 Å². The zero-order valence-electron chi connectivity index (χ0n) is 10.5. The molecular weight excluding hydrogens is 156 g/mol. The third kappa shape index (κ3) is 3.00. The second kappa shape index (κ2) is 5.67. The monoisotopic (exact) mass is 184 g/mol. The highest BCUT2D eigenvalue weighted by molar-refractivity contribution is 5.00. The molecule has 0 aromatic heterocycles. The second-order valence-electron chi connectivity index (χ2n) is 4.53. The van der Waals surface area contributed by atoms with Gasteiger partial charge in [0.15, 0.2) is 0 Å². The van der Waals surface area contributed by atoms with Crippen LogP contribution in [0.25, 0.3) is 0 Å². The second-order valence-corrected chi connectivity index (χ2v) is 4.53. The van der Waals surface area contributed by atoms with Gasteiger partial charge in [-0.1, -0.05) is 41.5 Å². The van der Waals surface area contributed by atoms with Crippen molar-refractivity contribution in [3.63, 3.8) is 0 Å². The van der Waals surface area contributed by atoms with Gasteiger partial charge < -0.3 is 0 Å². The Labute approximate surface area is 85.1 Å². The van der Waals surface area contributed by atoms with Crippen molar-refractivity contribution in [1.29, 1.82) is 0 Å². The SMILES string of the molecule is CC.CC.CC1CC2(C1)CC(C)C2. The van der Waals surface area contributed by atoms with Gasteiger partial charge in [-0.25, -0.2) is 0 Å². The largest absolute Gasteiger partial charge is 0.0683 e. The van der Waals surface area contributed by atoms with Gasteiger partial charge in [-0.15, -0.1) is 0 Å². The van der Waals surface area contributed by atoms with Crippen LogP contribution >= 0.6 is 0 Å². The van der Waals surface area contributed by atoms with Crippen molar-refractivity contribution in [1.82, 2.24) is 0 Å². The summed E-state index contributed by atoms with van der Waals surface area (Å²) in [4.78, 5) is 0. The Morgan fingerprint density at radius 2 is 0.923 bits per heavy atom. The molecule has 0 unspecified atom stereocenters. The molecule has 0 saturated heterocycles. The molecule has 0 nitrogen and oxygen atoms in total. The molecule has 0 bridgehead atoms. The van der Waals surface area contributed by atoms with Crippen molar-refractivity contribution in [3.05, 3.63) is 0 Å². The van der Waals surface area contributed by atoms with Crippen LogP contribution in [0.1, 0.15) is 67.2 Å². The Kier molecular flexibility index (Phi) is 5.67. The predicted molar refractivity (Wildman–Crippen MR) is 61.9 cm³/mol. The minimum atomic E-state index is 0.888. The quantitative estimate of drug-likeness (QED) is 0.503. The minimum absolute atomic E-state index is 0.888. The van der Waals surface area contributed by atoms with Gasteiger partial charge in [0, 0.05) is 0 Å². The van der Waals surface area contributed by atoms with E-state index in [0.29, 0.717) is 0 Å². The number of rotatable bonds is 0. The molecule has 0 heterocycles. The van der Waals surface area contributed by atoms with Crippen LogP contribution in [0.5, 0.6) is 0 Å². The van der Waals surface area contributed by atoms with Crippen molar-refractivity contribution in [3.8, 4) is 0 Å². The average Bonchev–Trinajstić information content (AvgIpc) is 2.07. The van der Waals surface area contributed by atoms with E-state index in [1.165, 1.54) is 25.7 Å². The van der Waals surface area contributed by atoms with Gasteiger partial charge in [-0.3, -0.25) is 0 Å². The summed E-state index contributed by atoms with van der Waals surface area (Å²) in [6, 6.07) is 0. The molecule has 2 aliphatic rings. The van der Waals surface area contributed by atoms with Crippen LogP contribution in [0.2, 0.25) is 0 Å². The standard InChI is InChI=1S/C9H16.2C2H6/c1-7-3-9(4-7)5-8(2)6-9;2*1-2/h7-8H,3-6H2,1-2H3;2*1-2H3. The van der Waals surface area contributed by atoms with Gasteiger partial charge >= 0.3 is 0 Å². The molecule has 0 radical (unpaired) electrons. The summed E-state index contributed by atoms with van der Waals surface area (Å²) < 4.78 is 0. The van der Waals surface area contributed by atoms with Gasteiger partial charge in [0.05, 0.1) is 0 Å². The van der Waals surface area contributed by atoms with E-state index in [1.807, 2.05) is 27.7 Å². The fraction of sp³-hybridized carbons (Fsp3) is 1.00. The van der Waals surface area contributed by atoms with Gasteiger partial charge in [-0.2, -0.15) is 0 Å². The van der Waals surface area contributed by atoms with Crippen LogP contribution in [0.15, 0.2) is 0 Å². The lowest BCUT2D eigenvalue weighted by Crippen LogP contribution is -2.45. The first-order valence-corrected chi connectivity index (χ1v) is 6.20. The van der Waals surface area contributed by atoms with Crippen molar-refractivity contribution in [2.24, 2.45) is 17.3 Å². The molecule has 2 aliphatic carbocycles. The summed E-state index contributed by atoms with van der Waals surface area (Å²) in [5.41, 5.74) is 0.888. The number of hydrogen-bond acceptors (Lipinski definition) is 0. The van der Waals surface area contributed by atoms with E-state index in [4.69, 9.17) is 0 Å². The Morgan fingerprint density at radius 1 is 0.692 bits per heavy atom. The molecule has 1 spiro atoms. The van der Waals surface area contributed by atoms with E-state index in [2.05, 4.69) is 13.8 Å². The highest BCUT2D eigenvalue weighted by Crippen LogP contribution is 2.60. The maximum Gasteiger partial charge on any atom is -0.0287 e. The molecule has 0 aromatic carbocycles. The van der Waals surface area contributed by atoms with Crippen LogP contribution < -0.4 is 0 Å². The average molecular weight is 184 g/mol. The molecule has 13 heavy (non-hydrogen) atoms. The number of hydrogen-bond donors (Lipinski definition) is 0. The third-order valence-corrected chi connectivity index (χ3v) is 3.13.